The van der Waals surface area contributed by atoms with Gasteiger partial charge in [-0.15, -0.1) is 0 Å². The lowest BCUT2D eigenvalue weighted by Gasteiger charge is -2.07. The van der Waals surface area contributed by atoms with Crippen molar-refractivity contribution in [3.8, 4) is 5.75 Å². The Labute approximate surface area is 92.7 Å². The molecule has 1 N–H and O–H groups in total. The quantitative estimate of drug-likeness (QED) is 0.778. The lowest BCUT2D eigenvalue weighted by atomic mass is 10.3. The highest BCUT2D eigenvalue weighted by Gasteiger charge is 2.12. The molecule has 82 valence electrons. The summed E-state index contributed by atoms with van der Waals surface area (Å²) in [5.74, 6) is 0.104. The Morgan fingerprint density at radius 1 is 1.60 bits per heavy atom. The van der Waals surface area contributed by atoms with Crippen molar-refractivity contribution in [2.45, 2.75) is 6.92 Å². The highest BCUT2D eigenvalue weighted by molar-refractivity contribution is 7.98. The molecule has 0 saturated heterocycles. The Kier molecular flexibility index (Phi) is 4.42. The van der Waals surface area contributed by atoms with Crippen LogP contribution in [0.4, 0.5) is 0 Å². The Balaban J connectivity index is 2.81. The fraction of sp³-hybridized carbons (Fsp3) is 0.400. The Bertz CT molecular complexity index is 355. The molecule has 0 aliphatic heterocycles. The second kappa shape index (κ2) is 5.60. The van der Waals surface area contributed by atoms with Crippen LogP contribution in [0.3, 0.4) is 0 Å². The molecule has 0 fully saturated rings. The van der Waals surface area contributed by atoms with Gasteiger partial charge in [-0.05, 0) is 25.3 Å². The zero-order chi connectivity index (χ0) is 11.3. The maximum atomic E-state index is 10.9. The van der Waals surface area contributed by atoms with Crippen LogP contribution in [0.2, 0.25) is 0 Å². The van der Waals surface area contributed by atoms with E-state index < -0.39 is 5.97 Å². The largest absolute Gasteiger partial charge is 0.490 e. The maximum absolute atomic E-state index is 10.9. The summed E-state index contributed by atoms with van der Waals surface area (Å²) in [6.07, 6.45) is 1.97. The fourth-order valence-corrected chi connectivity index (χ4v) is 1.30. The molecule has 0 amide bonds. The number of hydrogen-bond donors (Lipinski definition) is 1. The molecule has 5 heteroatoms. The second-order valence-corrected chi connectivity index (χ2v) is 3.93. The molecule has 0 bridgehead atoms. The van der Waals surface area contributed by atoms with Crippen molar-refractivity contribution >= 4 is 17.7 Å². The summed E-state index contributed by atoms with van der Waals surface area (Å²) in [6.45, 7) is 2.24. The minimum absolute atomic E-state index is 0.0175. The van der Waals surface area contributed by atoms with Crippen LogP contribution >= 0.6 is 11.8 Å². The summed E-state index contributed by atoms with van der Waals surface area (Å²) in [5.41, 5.74) is 0.653. The van der Waals surface area contributed by atoms with Crippen LogP contribution in [0.1, 0.15) is 16.2 Å². The van der Waals surface area contributed by atoms with E-state index in [1.165, 1.54) is 0 Å². The summed E-state index contributed by atoms with van der Waals surface area (Å²) in [6, 6.07) is 3.38. The number of thioether (sulfide) groups is 1. The first kappa shape index (κ1) is 11.8. The number of nitrogens with zero attached hydrogens (tertiary/aromatic N) is 1. The van der Waals surface area contributed by atoms with Crippen molar-refractivity contribution in [2.75, 3.05) is 18.6 Å². The minimum Gasteiger partial charge on any atom is -0.490 e. The molecule has 0 saturated carbocycles. The van der Waals surface area contributed by atoms with Crippen LogP contribution in [-0.2, 0) is 0 Å². The third-order valence-corrected chi connectivity index (χ3v) is 2.32. The van der Waals surface area contributed by atoms with Gasteiger partial charge in [0.15, 0.2) is 11.4 Å². The molecule has 0 spiro atoms. The number of rotatable bonds is 5. The second-order valence-electron chi connectivity index (χ2n) is 2.95. The number of carboxylic acids is 1. The van der Waals surface area contributed by atoms with Gasteiger partial charge in [0.1, 0.15) is 0 Å². The summed E-state index contributed by atoms with van der Waals surface area (Å²) in [5, 5.41) is 8.90. The SMILES string of the molecule is CSCCOc1ccc(C)nc1C(=O)O. The number of carbonyl (C=O) groups is 1. The van der Waals surface area contributed by atoms with Gasteiger partial charge in [-0.25, -0.2) is 9.78 Å². The van der Waals surface area contributed by atoms with Crippen LogP contribution in [0.15, 0.2) is 12.1 Å². The summed E-state index contributed by atoms with van der Waals surface area (Å²) >= 11 is 1.65. The Morgan fingerprint density at radius 3 is 2.93 bits per heavy atom. The summed E-state index contributed by atoms with van der Waals surface area (Å²) < 4.78 is 5.33. The number of aromatic nitrogens is 1. The normalized spacial score (nSPS) is 10.0. The molecule has 15 heavy (non-hydrogen) atoms. The topological polar surface area (TPSA) is 59.4 Å². The van der Waals surface area contributed by atoms with Crippen LogP contribution in [0.5, 0.6) is 5.75 Å². The number of ether oxygens (including phenoxy) is 1. The average Bonchev–Trinajstić information content (AvgIpc) is 2.20. The monoisotopic (exact) mass is 227 g/mol. The van der Waals surface area contributed by atoms with Gasteiger partial charge in [-0.2, -0.15) is 11.8 Å². The molecule has 4 nitrogen and oxygen atoms in total. The van der Waals surface area contributed by atoms with E-state index in [0.717, 1.165) is 5.75 Å². The van der Waals surface area contributed by atoms with Crippen molar-refractivity contribution < 1.29 is 14.6 Å². The Hall–Kier alpha value is -1.23. The smallest absolute Gasteiger partial charge is 0.358 e. The van der Waals surface area contributed by atoms with Crippen molar-refractivity contribution in [1.82, 2.24) is 4.98 Å². The van der Waals surface area contributed by atoms with Gasteiger partial charge >= 0.3 is 5.97 Å². The van der Waals surface area contributed by atoms with Gasteiger partial charge in [-0.3, -0.25) is 0 Å². The van der Waals surface area contributed by atoms with Gasteiger partial charge in [0.2, 0.25) is 0 Å². The molecule has 0 aliphatic rings. The number of aromatic carboxylic acids is 1. The zero-order valence-corrected chi connectivity index (χ0v) is 9.50. The van der Waals surface area contributed by atoms with E-state index in [9.17, 15) is 4.79 Å². The van der Waals surface area contributed by atoms with Crippen LogP contribution < -0.4 is 4.74 Å². The molecule has 0 aliphatic carbocycles. The highest BCUT2D eigenvalue weighted by Crippen LogP contribution is 2.17. The molecule has 0 unspecified atom stereocenters. The van der Waals surface area contributed by atoms with Gasteiger partial charge < -0.3 is 9.84 Å². The molecular formula is C10H13NO3S. The van der Waals surface area contributed by atoms with E-state index in [0.29, 0.717) is 18.1 Å². The van der Waals surface area contributed by atoms with Gasteiger partial charge in [0.05, 0.1) is 6.61 Å². The van der Waals surface area contributed by atoms with E-state index in [4.69, 9.17) is 9.84 Å². The fourth-order valence-electron chi connectivity index (χ4n) is 1.05. The highest BCUT2D eigenvalue weighted by atomic mass is 32.2. The van der Waals surface area contributed by atoms with Crippen molar-refractivity contribution in [3.05, 3.63) is 23.5 Å². The first-order valence-corrected chi connectivity index (χ1v) is 5.87. The van der Waals surface area contributed by atoms with Gasteiger partial charge in [-0.1, -0.05) is 0 Å². The third kappa shape index (κ3) is 3.43. The lowest BCUT2D eigenvalue weighted by molar-refractivity contribution is 0.0685. The first-order chi connectivity index (χ1) is 7.15. The van der Waals surface area contributed by atoms with Crippen LogP contribution in [0, 0.1) is 6.92 Å². The summed E-state index contributed by atoms with van der Waals surface area (Å²) in [7, 11) is 0. The molecule has 1 aromatic heterocycles. The van der Waals surface area contributed by atoms with Gasteiger partial charge in [0.25, 0.3) is 0 Å². The van der Waals surface area contributed by atoms with Crippen molar-refractivity contribution in [3.63, 3.8) is 0 Å². The van der Waals surface area contributed by atoms with E-state index in [-0.39, 0.29) is 5.69 Å². The number of aryl methyl sites for hydroxylation is 1. The number of carboxylic acid groups (broad SMARTS) is 1. The standard InChI is InChI=1S/C10H13NO3S/c1-7-3-4-8(14-5-6-15-2)9(11-7)10(12)13/h3-4H,5-6H2,1-2H3,(H,12,13). The van der Waals surface area contributed by atoms with E-state index in [2.05, 4.69) is 4.98 Å². The molecule has 0 atom stereocenters. The van der Waals surface area contributed by atoms with E-state index in [1.54, 1.807) is 30.8 Å². The zero-order valence-electron chi connectivity index (χ0n) is 8.69. The first-order valence-electron chi connectivity index (χ1n) is 4.48. The number of pyridine rings is 1. The molecule has 1 aromatic rings. The predicted octanol–water partition coefficient (Wildman–Crippen LogP) is 1.83. The molecule has 1 heterocycles. The van der Waals surface area contributed by atoms with E-state index >= 15 is 0 Å². The Morgan fingerprint density at radius 2 is 2.33 bits per heavy atom. The maximum Gasteiger partial charge on any atom is 0.358 e. The molecule has 0 aromatic carbocycles. The van der Waals surface area contributed by atoms with E-state index in [1.807, 2.05) is 6.26 Å². The van der Waals surface area contributed by atoms with Crippen molar-refractivity contribution in [1.29, 1.82) is 0 Å². The lowest BCUT2D eigenvalue weighted by Crippen LogP contribution is -2.08. The minimum atomic E-state index is -1.06. The molecule has 0 radical (unpaired) electrons. The van der Waals surface area contributed by atoms with Crippen LogP contribution in [0.25, 0.3) is 0 Å². The predicted molar refractivity (Wildman–Crippen MR) is 59.8 cm³/mol. The third-order valence-electron chi connectivity index (χ3n) is 1.75. The molecule has 1 rings (SSSR count). The number of hydrogen-bond acceptors (Lipinski definition) is 4. The average molecular weight is 227 g/mol. The van der Waals surface area contributed by atoms with Gasteiger partial charge in [0, 0.05) is 11.4 Å². The van der Waals surface area contributed by atoms with Crippen molar-refractivity contribution in [2.24, 2.45) is 0 Å². The van der Waals surface area contributed by atoms with Crippen LogP contribution in [-0.4, -0.2) is 34.7 Å². The summed E-state index contributed by atoms with van der Waals surface area (Å²) in [4.78, 5) is 14.8. The molecular weight excluding hydrogens is 214 g/mol.